The number of nitrogens with one attached hydrogen (secondary N) is 3. The molecule has 7 heteroatoms. The minimum absolute atomic E-state index is 0.267. The summed E-state index contributed by atoms with van der Waals surface area (Å²) < 4.78 is 13.5. The van der Waals surface area contributed by atoms with Gasteiger partial charge in [-0.3, -0.25) is 9.59 Å². The van der Waals surface area contributed by atoms with Crippen molar-refractivity contribution >= 4 is 11.8 Å². The van der Waals surface area contributed by atoms with Gasteiger partial charge < -0.3 is 15.6 Å². The fourth-order valence-corrected chi connectivity index (χ4v) is 2.80. The van der Waals surface area contributed by atoms with Crippen LogP contribution in [0.15, 0.2) is 60.7 Å². The number of aromatic nitrogens is 2. The maximum Gasteiger partial charge on any atom is 0.272 e. The van der Waals surface area contributed by atoms with Gasteiger partial charge in [0, 0.05) is 29.9 Å². The summed E-state index contributed by atoms with van der Waals surface area (Å²) in [6.45, 7) is 4.00. The molecule has 0 bridgehead atoms. The number of aromatic amines is 1. The minimum atomic E-state index is -0.412. The van der Waals surface area contributed by atoms with E-state index in [9.17, 15) is 14.0 Å². The lowest BCUT2D eigenvalue weighted by molar-refractivity contribution is 0.0945. The summed E-state index contributed by atoms with van der Waals surface area (Å²) in [6, 6.07) is 13.9. The molecule has 0 radical (unpaired) electrons. The van der Waals surface area contributed by atoms with Gasteiger partial charge in [0.15, 0.2) is 0 Å². The SMILES string of the molecule is Cc1ccc(C(=O)NC/C=C\CNC(=O)c2nc(-c3ccccc3)[nH]c2C)cc1F. The monoisotopic (exact) mass is 406 g/mol. The van der Waals surface area contributed by atoms with E-state index < -0.39 is 5.82 Å². The third-order valence-corrected chi connectivity index (χ3v) is 4.51. The molecule has 0 unspecified atom stereocenters. The second-order valence-corrected chi connectivity index (χ2v) is 6.78. The van der Waals surface area contributed by atoms with Crippen molar-refractivity contribution in [2.45, 2.75) is 13.8 Å². The highest BCUT2D eigenvalue weighted by Crippen LogP contribution is 2.17. The third kappa shape index (κ3) is 5.20. The second-order valence-electron chi connectivity index (χ2n) is 6.78. The lowest BCUT2D eigenvalue weighted by Crippen LogP contribution is -2.25. The molecule has 0 saturated heterocycles. The van der Waals surface area contributed by atoms with Gasteiger partial charge in [-0.2, -0.15) is 0 Å². The molecule has 1 aromatic heterocycles. The average molecular weight is 406 g/mol. The van der Waals surface area contributed by atoms with E-state index in [-0.39, 0.29) is 23.9 Å². The van der Waals surface area contributed by atoms with Crippen molar-refractivity contribution in [2.75, 3.05) is 13.1 Å². The molecule has 2 amide bonds. The molecule has 30 heavy (non-hydrogen) atoms. The molecule has 0 saturated carbocycles. The maximum absolute atomic E-state index is 13.5. The first-order valence-electron chi connectivity index (χ1n) is 9.55. The third-order valence-electron chi connectivity index (χ3n) is 4.51. The largest absolute Gasteiger partial charge is 0.349 e. The van der Waals surface area contributed by atoms with Crippen LogP contribution in [-0.2, 0) is 0 Å². The Labute approximate surface area is 174 Å². The summed E-state index contributed by atoms with van der Waals surface area (Å²) in [7, 11) is 0. The van der Waals surface area contributed by atoms with Gasteiger partial charge in [-0.1, -0.05) is 48.6 Å². The zero-order valence-electron chi connectivity index (χ0n) is 16.8. The van der Waals surface area contributed by atoms with Crippen molar-refractivity contribution in [2.24, 2.45) is 0 Å². The van der Waals surface area contributed by atoms with E-state index in [4.69, 9.17) is 0 Å². The molecule has 3 rings (SSSR count). The quantitative estimate of drug-likeness (QED) is 0.525. The molecule has 0 aliphatic carbocycles. The van der Waals surface area contributed by atoms with Gasteiger partial charge in [0.05, 0.1) is 0 Å². The van der Waals surface area contributed by atoms with Crippen LogP contribution in [0.3, 0.4) is 0 Å². The smallest absolute Gasteiger partial charge is 0.272 e. The summed E-state index contributed by atoms with van der Waals surface area (Å²) in [4.78, 5) is 31.9. The number of hydrogen-bond acceptors (Lipinski definition) is 3. The Balaban J connectivity index is 1.46. The number of aryl methyl sites for hydroxylation is 2. The number of carbonyl (C=O) groups excluding carboxylic acids is 2. The van der Waals surface area contributed by atoms with Crippen LogP contribution in [0.4, 0.5) is 4.39 Å². The number of halogens is 1. The summed E-state index contributed by atoms with van der Waals surface area (Å²) in [5, 5.41) is 5.44. The molecule has 3 N–H and O–H groups in total. The number of amides is 2. The van der Waals surface area contributed by atoms with Crippen LogP contribution in [0, 0.1) is 19.7 Å². The highest BCUT2D eigenvalue weighted by molar-refractivity contribution is 5.94. The number of nitrogens with zero attached hydrogens (tertiary/aromatic N) is 1. The zero-order valence-corrected chi connectivity index (χ0v) is 16.8. The average Bonchev–Trinajstić information content (AvgIpc) is 3.14. The molecule has 2 aromatic carbocycles. The van der Waals surface area contributed by atoms with Crippen LogP contribution in [0.5, 0.6) is 0 Å². The van der Waals surface area contributed by atoms with E-state index in [1.165, 1.54) is 6.07 Å². The van der Waals surface area contributed by atoms with Crippen molar-refractivity contribution in [1.82, 2.24) is 20.6 Å². The van der Waals surface area contributed by atoms with E-state index in [1.807, 2.05) is 30.3 Å². The first kappa shape index (κ1) is 21.0. The van der Waals surface area contributed by atoms with Crippen LogP contribution < -0.4 is 10.6 Å². The normalized spacial score (nSPS) is 10.9. The van der Waals surface area contributed by atoms with Gasteiger partial charge in [0.25, 0.3) is 11.8 Å². The highest BCUT2D eigenvalue weighted by Gasteiger charge is 2.14. The Morgan fingerprint density at radius 2 is 1.67 bits per heavy atom. The van der Waals surface area contributed by atoms with E-state index in [0.717, 1.165) is 5.56 Å². The first-order valence-corrected chi connectivity index (χ1v) is 9.55. The Morgan fingerprint density at radius 1 is 1.00 bits per heavy atom. The van der Waals surface area contributed by atoms with E-state index >= 15 is 0 Å². The summed E-state index contributed by atoms with van der Waals surface area (Å²) in [6.07, 6.45) is 3.45. The topological polar surface area (TPSA) is 86.9 Å². The van der Waals surface area contributed by atoms with Crippen molar-refractivity contribution in [1.29, 1.82) is 0 Å². The number of carbonyl (C=O) groups is 2. The van der Waals surface area contributed by atoms with Crippen molar-refractivity contribution < 1.29 is 14.0 Å². The molecular formula is C23H23FN4O2. The molecular weight excluding hydrogens is 383 g/mol. The molecule has 0 aliphatic rings. The highest BCUT2D eigenvalue weighted by atomic mass is 19.1. The lowest BCUT2D eigenvalue weighted by Gasteiger charge is -2.04. The predicted octanol–water partition coefficient (Wildman–Crippen LogP) is 3.55. The van der Waals surface area contributed by atoms with Crippen LogP contribution in [0.2, 0.25) is 0 Å². The molecule has 3 aromatic rings. The molecule has 0 atom stereocenters. The standard InChI is InChI=1S/C23H23FN4O2/c1-15-10-11-18(14-19(15)24)22(29)25-12-6-7-13-26-23(30)20-16(2)27-21(28-20)17-8-4-3-5-9-17/h3-11,14H,12-13H2,1-2H3,(H,25,29)(H,26,30)(H,27,28)/b7-6-. The zero-order chi connectivity index (χ0) is 21.5. The Bertz CT molecular complexity index is 1070. The first-order chi connectivity index (χ1) is 14.5. The predicted molar refractivity (Wildman–Crippen MR) is 114 cm³/mol. The van der Waals surface area contributed by atoms with Gasteiger partial charge in [-0.15, -0.1) is 0 Å². The fourth-order valence-electron chi connectivity index (χ4n) is 2.80. The van der Waals surface area contributed by atoms with Gasteiger partial charge >= 0.3 is 0 Å². The van der Waals surface area contributed by atoms with Crippen molar-refractivity contribution in [3.05, 3.63) is 89.0 Å². The number of imidazole rings is 1. The molecule has 0 spiro atoms. The van der Waals surface area contributed by atoms with E-state index in [1.54, 1.807) is 38.1 Å². The Kier molecular flexibility index (Phi) is 6.75. The second kappa shape index (κ2) is 9.65. The van der Waals surface area contributed by atoms with Crippen LogP contribution in [0.25, 0.3) is 11.4 Å². The summed E-state index contributed by atoms with van der Waals surface area (Å²) in [5.41, 5.74) is 2.70. The van der Waals surface area contributed by atoms with E-state index in [2.05, 4.69) is 20.6 Å². The molecule has 154 valence electrons. The van der Waals surface area contributed by atoms with E-state index in [0.29, 0.717) is 29.3 Å². The van der Waals surface area contributed by atoms with Gasteiger partial charge in [0.1, 0.15) is 17.3 Å². The molecule has 0 aliphatic heterocycles. The van der Waals surface area contributed by atoms with Crippen LogP contribution in [-0.4, -0.2) is 34.9 Å². The fraction of sp³-hybridized carbons (Fsp3) is 0.174. The number of benzene rings is 2. The van der Waals surface area contributed by atoms with Gasteiger partial charge in [-0.05, 0) is 31.5 Å². The van der Waals surface area contributed by atoms with Gasteiger partial charge in [-0.25, -0.2) is 9.37 Å². The van der Waals surface area contributed by atoms with Crippen molar-refractivity contribution in [3.8, 4) is 11.4 Å². The van der Waals surface area contributed by atoms with Gasteiger partial charge in [0.2, 0.25) is 0 Å². The molecule has 0 fully saturated rings. The van der Waals surface area contributed by atoms with Crippen molar-refractivity contribution in [3.63, 3.8) is 0 Å². The van der Waals surface area contributed by atoms with Crippen LogP contribution >= 0.6 is 0 Å². The lowest BCUT2D eigenvalue weighted by atomic mass is 10.1. The minimum Gasteiger partial charge on any atom is -0.349 e. The molecule has 6 nitrogen and oxygen atoms in total. The summed E-state index contributed by atoms with van der Waals surface area (Å²) in [5.74, 6) is -0.410. The maximum atomic E-state index is 13.5. The number of rotatable bonds is 7. The Morgan fingerprint density at radius 3 is 2.33 bits per heavy atom. The number of hydrogen-bond donors (Lipinski definition) is 3. The molecule has 1 heterocycles. The number of H-pyrrole nitrogens is 1. The summed E-state index contributed by atoms with van der Waals surface area (Å²) >= 11 is 0. The Hall–Kier alpha value is -3.74. The van der Waals surface area contributed by atoms with Crippen LogP contribution in [0.1, 0.15) is 32.1 Å².